The smallest absolute Gasteiger partial charge is 0.281 e. The van der Waals surface area contributed by atoms with Crippen molar-refractivity contribution in [2.24, 2.45) is 5.92 Å². The molecule has 0 aliphatic carbocycles. The zero-order valence-electron chi connectivity index (χ0n) is 13.1. The Morgan fingerprint density at radius 1 is 0.952 bits per heavy atom. The third-order valence-electron chi connectivity index (χ3n) is 4.51. The molecule has 6 nitrogen and oxygen atoms in total. The van der Waals surface area contributed by atoms with E-state index in [1.807, 2.05) is 4.90 Å². The van der Waals surface area contributed by atoms with Crippen LogP contribution in [0.5, 0.6) is 0 Å². The summed E-state index contributed by atoms with van der Waals surface area (Å²) in [4.78, 5) is 14.5. The Morgan fingerprint density at radius 2 is 1.48 bits per heavy atom. The molecule has 0 radical (unpaired) electrons. The second-order valence-corrected chi connectivity index (χ2v) is 8.35. The molecule has 2 rings (SSSR count). The van der Waals surface area contributed by atoms with Crippen LogP contribution in [0.3, 0.4) is 0 Å². The van der Waals surface area contributed by atoms with Crippen molar-refractivity contribution in [3.8, 4) is 0 Å². The van der Waals surface area contributed by atoms with Crippen molar-refractivity contribution in [1.82, 2.24) is 13.5 Å². The summed E-state index contributed by atoms with van der Waals surface area (Å²) < 4.78 is 26.9. The summed E-state index contributed by atoms with van der Waals surface area (Å²) in [6.45, 7) is 2.64. The lowest BCUT2D eigenvalue weighted by Gasteiger charge is -2.34. The third-order valence-corrected chi connectivity index (χ3v) is 6.45. The molecule has 0 aromatic heterocycles. The molecule has 0 aromatic rings. The fraction of sp³-hybridized carbons (Fsp3) is 0.929. The topological polar surface area (TPSA) is 60.9 Å². The van der Waals surface area contributed by atoms with Gasteiger partial charge < -0.3 is 4.90 Å². The van der Waals surface area contributed by atoms with Crippen molar-refractivity contribution in [1.29, 1.82) is 0 Å². The minimum Gasteiger partial charge on any atom is -0.342 e. The van der Waals surface area contributed by atoms with Crippen LogP contribution in [-0.4, -0.2) is 68.1 Å². The van der Waals surface area contributed by atoms with Gasteiger partial charge in [-0.2, -0.15) is 17.0 Å². The van der Waals surface area contributed by atoms with Gasteiger partial charge in [0.1, 0.15) is 0 Å². The summed E-state index contributed by atoms with van der Waals surface area (Å²) in [6.07, 6.45) is 5.90. The van der Waals surface area contributed by atoms with Crippen LogP contribution < -0.4 is 0 Å². The lowest BCUT2D eigenvalue weighted by atomic mass is 9.96. The average Bonchev–Trinajstić information content (AvgIpc) is 2.75. The Labute approximate surface area is 128 Å². The first-order chi connectivity index (χ1) is 9.93. The standard InChI is InChI=1S/C14H27N3O3S/c1-15(2)21(19,20)17-11-7-13(8-12-17)14(18)16-9-5-3-4-6-10-16/h13H,3-12H2,1-2H3. The second-order valence-electron chi connectivity index (χ2n) is 6.20. The van der Waals surface area contributed by atoms with Gasteiger partial charge in [0.15, 0.2) is 0 Å². The SMILES string of the molecule is CN(C)S(=O)(=O)N1CCC(C(=O)N2CCCCCC2)CC1. The molecular weight excluding hydrogens is 290 g/mol. The van der Waals surface area contributed by atoms with Gasteiger partial charge in [-0.15, -0.1) is 0 Å². The Balaban J connectivity index is 1.90. The summed E-state index contributed by atoms with van der Waals surface area (Å²) in [7, 11) is -0.247. The van der Waals surface area contributed by atoms with Crippen LogP contribution in [0.15, 0.2) is 0 Å². The van der Waals surface area contributed by atoms with Crippen molar-refractivity contribution in [3.63, 3.8) is 0 Å². The van der Waals surface area contributed by atoms with Gasteiger partial charge in [0.2, 0.25) is 5.91 Å². The number of rotatable bonds is 3. The number of likely N-dealkylation sites (tertiary alicyclic amines) is 1. The molecule has 7 heteroatoms. The maximum Gasteiger partial charge on any atom is 0.281 e. The molecule has 0 N–H and O–H groups in total. The van der Waals surface area contributed by atoms with Crippen molar-refractivity contribution in [2.75, 3.05) is 40.3 Å². The van der Waals surface area contributed by atoms with Crippen LogP contribution in [0, 0.1) is 5.92 Å². The highest BCUT2D eigenvalue weighted by Gasteiger charge is 2.33. The Morgan fingerprint density at radius 3 is 1.95 bits per heavy atom. The predicted octanol–water partition coefficient (Wildman–Crippen LogP) is 0.907. The number of nitrogens with zero attached hydrogens (tertiary/aromatic N) is 3. The van der Waals surface area contributed by atoms with Crippen molar-refractivity contribution in [2.45, 2.75) is 38.5 Å². The maximum absolute atomic E-state index is 12.5. The number of carbonyl (C=O) groups is 1. The molecule has 0 saturated carbocycles. The van der Waals surface area contributed by atoms with E-state index in [-0.39, 0.29) is 11.8 Å². The lowest BCUT2D eigenvalue weighted by Crippen LogP contribution is -2.47. The van der Waals surface area contributed by atoms with Gasteiger partial charge in [-0.1, -0.05) is 12.8 Å². The van der Waals surface area contributed by atoms with E-state index in [1.54, 1.807) is 14.1 Å². The van der Waals surface area contributed by atoms with Crippen LogP contribution in [0.2, 0.25) is 0 Å². The Hall–Kier alpha value is -0.660. The number of hydrogen-bond acceptors (Lipinski definition) is 3. The van der Waals surface area contributed by atoms with E-state index in [0.29, 0.717) is 25.9 Å². The van der Waals surface area contributed by atoms with Crippen LogP contribution in [0.1, 0.15) is 38.5 Å². The number of piperidine rings is 1. The van der Waals surface area contributed by atoms with E-state index in [0.717, 1.165) is 25.9 Å². The van der Waals surface area contributed by atoms with Crippen LogP contribution in [0.4, 0.5) is 0 Å². The number of hydrogen-bond donors (Lipinski definition) is 0. The highest BCUT2D eigenvalue weighted by atomic mass is 32.2. The molecule has 0 unspecified atom stereocenters. The monoisotopic (exact) mass is 317 g/mol. The van der Waals surface area contributed by atoms with Crippen molar-refractivity contribution < 1.29 is 13.2 Å². The Kier molecular flexibility index (Phi) is 5.62. The normalized spacial score (nSPS) is 23.3. The summed E-state index contributed by atoms with van der Waals surface area (Å²) in [5.74, 6) is 0.232. The largest absolute Gasteiger partial charge is 0.342 e. The molecule has 2 saturated heterocycles. The van der Waals surface area contributed by atoms with E-state index in [2.05, 4.69) is 0 Å². The molecular formula is C14H27N3O3S. The van der Waals surface area contributed by atoms with E-state index < -0.39 is 10.2 Å². The minimum absolute atomic E-state index is 0.00304. The zero-order valence-corrected chi connectivity index (χ0v) is 13.9. The van der Waals surface area contributed by atoms with Gasteiger partial charge in [-0.3, -0.25) is 4.79 Å². The molecule has 0 atom stereocenters. The molecule has 0 bridgehead atoms. The highest BCUT2D eigenvalue weighted by Crippen LogP contribution is 2.23. The summed E-state index contributed by atoms with van der Waals surface area (Å²) >= 11 is 0. The quantitative estimate of drug-likeness (QED) is 0.777. The zero-order chi connectivity index (χ0) is 15.5. The molecule has 0 aromatic carbocycles. The highest BCUT2D eigenvalue weighted by molar-refractivity contribution is 7.86. The first kappa shape index (κ1) is 16.7. The summed E-state index contributed by atoms with van der Waals surface area (Å²) in [6, 6.07) is 0. The molecule has 2 aliphatic rings. The van der Waals surface area contributed by atoms with E-state index in [4.69, 9.17) is 0 Å². The van der Waals surface area contributed by atoms with E-state index >= 15 is 0 Å². The average molecular weight is 317 g/mol. The number of carbonyl (C=O) groups excluding carboxylic acids is 1. The summed E-state index contributed by atoms with van der Waals surface area (Å²) in [5.41, 5.74) is 0. The predicted molar refractivity (Wildman–Crippen MR) is 82.0 cm³/mol. The van der Waals surface area contributed by atoms with Crippen LogP contribution >= 0.6 is 0 Å². The fourth-order valence-electron chi connectivity index (χ4n) is 3.11. The molecule has 0 spiro atoms. The van der Waals surface area contributed by atoms with Crippen molar-refractivity contribution >= 4 is 16.1 Å². The molecule has 21 heavy (non-hydrogen) atoms. The van der Waals surface area contributed by atoms with Gasteiger partial charge in [-0.05, 0) is 25.7 Å². The van der Waals surface area contributed by atoms with Crippen LogP contribution in [-0.2, 0) is 15.0 Å². The molecule has 122 valence electrons. The third kappa shape index (κ3) is 3.96. The summed E-state index contributed by atoms with van der Waals surface area (Å²) in [5, 5.41) is 0. The van der Waals surface area contributed by atoms with Crippen molar-refractivity contribution in [3.05, 3.63) is 0 Å². The first-order valence-corrected chi connectivity index (χ1v) is 9.29. The maximum atomic E-state index is 12.5. The van der Waals surface area contributed by atoms with Gasteiger partial charge in [0.25, 0.3) is 10.2 Å². The lowest BCUT2D eigenvalue weighted by molar-refractivity contribution is -0.136. The molecule has 2 heterocycles. The fourth-order valence-corrected chi connectivity index (χ4v) is 4.25. The van der Waals surface area contributed by atoms with Gasteiger partial charge in [0.05, 0.1) is 0 Å². The van der Waals surface area contributed by atoms with E-state index in [1.165, 1.54) is 21.5 Å². The van der Waals surface area contributed by atoms with E-state index in [9.17, 15) is 13.2 Å². The van der Waals surface area contributed by atoms with Gasteiger partial charge in [0, 0.05) is 46.2 Å². The van der Waals surface area contributed by atoms with Gasteiger partial charge in [-0.25, -0.2) is 0 Å². The van der Waals surface area contributed by atoms with Crippen LogP contribution in [0.25, 0.3) is 0 Å². The van der Waals surface area contributed by atoms with Gasteiger partial charge >= 0.3 is 0 Å². The Bertz CT molecular complexity index is 448. The first-order valence-electron chi connectivity index (χ1n) is 7.89. The molecule has 2 fully saturated rings. The second kappa shape index (κ2) is 7.07. The molecule has 2 aliphatic heterocycles. The number of amides is 1. The minimum atomic E-state index is -3.34. The molecule has 1 amide bonds.